The summed E-state index contributed by atoms with van der Waals surface area (Å²) in [5.41, 5.74) is 2.11. The van der Waals surface area contributed by atoms with Gasteiger partial charge in [-0.25, -0.2) is 13.1 Å². The minimum atomic E-state index is -3.70. The molecular weight excluding hydrogens is 416 g/mol. The van der Waals surface area contributed by atoms with Crippen molar-refractivity contribution in [1.29, 1.82) is 0 Å². The van der Waals surface area contributed by atoms with Crippen LogP contribution in [-0.4, -0.2) is 27.0 Å². The van der Waals surface area contributed by atoms with Crippen molar-refractivity contribution in [3.8, 4) is 5.75 Å². The third kappa shape index (κ3) is 4.35. The minimum absolute atomic E-state index is 0.0746. The highest BCUT2D eigenvalue weighted by Gasteiger charge is 2.32. The molecule has 0 bridgehead atoms. The summed E-state index contributed by atoms with van der Waals surface area (Å²) in [6.07, 6.45) is 2.08. The van der Waals surface area contributed by atoms with Gasteiger partial charge in [0, 0.05) is 17.3 Å². The van der Waals surface area contributed by atoms with E-state index in [9.17, 15) is 13.2 Å². The van der Waals surface area contributed by atoms with Crippen LogP contribution in [0.2, 0.25) is 0 Å². The average molecular weight is 441 g/mol. The number of fused-ring (bicyclic) bond motifs is 1. The first-order valence-electron chi connectivity index (χ1n) is 10.1. The Kier molecular flexibility index (Phi) is 5.84. The maximum absolute atomic E-state index is 13.1. The SMILES string of the molecule is CCOc1ccc(C(=O)N2c3ccc(S(=O)(=O)NCc4ccco4)cc3C[C@H]2C)cc1. The van der Waals surface area contributed by atoms with Crippen LogP contribution >= 0.6 is 0 Å². The van der Waals surface area contributed by atoms with Crippen LogP contribution in [0.5, 0.6) is 5.75 Å². The highest BCUT2D eigenvalue weighted by molar-refractivity contribution is 7.89. The van der Waals surface area contributed by atoms with E-state index >= 15 is 0 Å². The number of carbonyl (C=O) groups is 1. The topological polar surface area (TPSA) is 88.8 Å². The van der Waals surface area contributed by atoms with E-state index in [4.69, 9.17) is 9.15 Å². The molecule has 1 amide bonds. The van der Waals surface area contributed by atoms with Gasteiger partial charge in [0.15, 0.2) is 0 Å². The number of ether oxygens (including phenoxy) is 1. The molecule has 4 rings (SSSR count). The monoisotopic (exact) mass is 440 g/mol. The number of carbonyl (C=O) groups excluding carboxylic acids is 1. The zero-order valence-corrected chi connectivity index (χ0v) is 18.2. The molecule has 1 aliphatic rings. The summed E-state index contributed by atoms with van der Waals surface area (Å²) >= 11 is 0. The van der Waals surface area contributed by atoms with Crippen LogP contribution in [-0.2, 0) is 23.0 Å². The fourth-order valence-corrected chi connectivity index (χ4v) is 4.79. The Hall–Kier alpha value is -3.10. The van der Waals surface area contributed by atoms with Crippen LogP contribution in [0.4, 0.5) is 5.69 Å². The van der Waals surface area contributed by atoms with E-state index in [0.29, 0.717) is 30.1 Å². The fourth-order valence-electron chi connectivity index (χ4n) is 3.75. The second kappa shape index (κ2) is 8.56. The lowest BCUT2D eigenvalue weighted by Gasteiger charge is -2.23. The summed E-state index contributed by atoms with van der Waals surface area (Å²) in [5.74, 6) is 1.12. The number of amides is 1. The predicted molar refractivity (Wildman–Crippen MR) is 117 cm³/mol. The van der Waals surface area contributed by atoms with Gasteiger partial charge in [0.2, 0.25) is 10.0 Å². The Morgan fingerprint density at radius 2 is 1.97 bits per heavy atom. The molecule has 2 heterocycles. The molecule has 0 unspecified atom stereocenters. The van der Waals surface area contributed by atoms with Crippen molar-refractivity contribution in [1.82, 2.24) is 4.72 Å². The molecule has 3 aromatic rings. The molecule has 0 radical (unpaired) electrons. The zero-order chi connectivity index (χ0) is 22.0. The van der Waals surface area contributed by atoms with Crippen molar-refractivity contribution >= 4 is 21.6 Å². The van der Waals surface area contributed by atoms with E-state index in [1.165, 1.54) is 12.3 Å². The Labute approximate surface area is 181 Å². The molecule has 1 atom stereocenters. The van der Waals surface area contributed by atoms with E-state index in [2.05, 4.69) is 4.72 Å². The number of hydrogen-bond donors (Lipinski definition) is 1. The molecule has 1 N–H and O–H groups in total. The van der Waals surface area contributed by atoms with Crippen molar-refractivity contribution in [2.45, 2.75) is 37.8 Å². The van der Waals surface area contributed by atoms with Gasteiger partial charge in [0.1, 0.15) is 11.5 Å². The van der Waals surface area contributed by atoms with Gasteiger partial charge in [-0.2, -0.15) is 0 Å². The number of furan rings is 1. The maximum Gasteiger partial charge on any atom is 0.258 e. The molecule has 1 aromatic heterocycles. The highest BCUT2D eigenvalue weighted by Crippen LogP contribution is 2.35. The standard InChI is InChI=1S/C23H24N2O5S/c1-3-29-19-8-6-17(7-9-19)23(26)25-16(2)13-18-14-21(10-11-22(18)25)31(27,28)24-15-20-5-4-12-30-20/h4-12,14,16,24H,3,13,15H2,1-2H3/t16-/m1/s1. The second-order valence-electron chi connectivity index (χ2n) is 7.38. The number of nitrogens with zero attached hydrogens (tertiary/aromatic N) is 1. The number of hydrogen-bond acceptors (Lipinski definition) is 5. The second-order valence-corrected chi connectivity index (χ2v) is 9.15. The molecule has 0 saturated heterocycles. The van der Waals surface area contributed by atoms with Gasteiger partial charge in [-0.1, -0.05) is 0 Å². The summed E-state index contributed by atoms with van der Waals surface area (Å²) in [4.78, 5) is 15.0. The number of anilines is 1. The van der Waals surface area contributed by atoms with Crippen LogP contribution in [0.3, 0.4) is 0 Å². The largest absolute Gasteiger partial charge is 0.494 e. The Balaban J connectivity index is 1.55. The first-order chi connectivity index (χ1) is 14.9. The molecule has 8 heteroatoms. The molecule has 0 spiro atoms. The van der Waals surface area contributed by atoms with E-state index < -0.39 is 10.0 Å². The summed E-state index contributed by atoms with van der Waals surface area (Å²) in [6.45, 7) is 4.50. The number of nitrogens with one attached hydrogen (secondary N) is 1. The van der Waals surface area contributed by atoms with Crippen LogP contribution < -0.4 is 14.4 Å². The van der Waals surface area contributed by atoms with Crippen molar-refractivity contribution < 1.29 is 22.4 Å². The minimum Gasteiger partial charge on any atom is -0.494 e. The van der Waals surface area contributed by atoms with Gasteiger partial charge in [0.25, 0.3) is 5.91 Å². The smallest absolute Gasteiger partial charge is 0.258 e. The van der Waals surface area contributed by atoms with Crippen LogP contribution in [0.1, 0.15) is 35.5 Å². The van der Waals surface area contributed by atoms with Crippen LogP contribution in [0, 0.1) is 0 Å². The predicted octanol–water partition coefficient (Wildman–Crippen LogP) is 3.75. The molecule has 162 valence electrons. The molecule has 2 aromatic carbocycles. The van der Waals surface area contributed by atoms with Gasteiger partial charge in [0.05, 0.1) is 24.3 Å². The third-order valence-electron chi connectivity index (χ3n) is 5.22. The van der Waals surface area contributed by atoms with Crippen molar-refractivity contribution in [3.63, 3.8) is 0 Å². The van der Waals surface area contributed by atoms with Gasteiger partial charge in [-0.15, -0.1) is 0 Å². The first-order valence-corrected chi connectivity index (χ1v) is 11.6. The molecule has 0 saturated carbocycles. The molecule has 1 aliphatic heterocycles. The quantitative estimate of drug-likeness (QED) is 0.605. The third-order valence-corrected chi connectivity index (χ3v) is 6.62. The summed E-state index contributed by atoms with van der Waals surface area (Å²) in [6, 6.07) is 15.2. The highest BCUT2D eigenvalue weighted by atomic mass is 32.2. The van der Waals surface area contributed by atoms with Crippen LogP contribution in [0.15, 0.2) is 70.2 Å². The van der Waals surface area contributed by atoms with Gasteiger partial charge in [-0.3, -0.25) is 4.79 Å². The molecule has 0 fully saturated rings. The molecule has 0 aliphatic carbocycles. The van der Waals surface area contributed by atoms with Gasteiger partial charge >= 0.3 is 0 Å². The van der Waals surface area contributed by atoms with E-state index in [1.807, 2.05) is 13.8 Å². The van der Waals surface area contributed by atoms with E-state index in [1.54, 1.807) is 53.4 Å². The molecular formula is C23H24N2O5S. The zero-order valence-electron chi connectivity index (χ0n) is 17.4. The summed E-state index contributed by atoms with van der Waals surface area (Å²) < 4.78 is 38.5. The lowest BCUT2D eigenvalue weighted by atomic mass is 10.1. The lowest BCUT2D eigenvalue weighted by Crippen LogP contribution is -2.35. The lowest BCUT2D eigenvalue weighted by molar-refractivity contribution is 0.0981. The van der Waals surface area contributed by atoms with Crippen molar-refractivity contribution in [2.75, 3.05) is 11.5 Å². The first kappa shape index (κ1) is 21.1. The number of sulfonamides is 1. The van der Waals surface area contributed by atoms with Gasteiger partial charge in [-0.05, 0) is 80.4 Å². The maximum atomic E-state index is 13.1. The Bertz CT molecular complexity index is 1170. The summed E-state index contributed by atoms with van der Waals surface area (Å²) in [5, 5.41) is 0. The number of benzene rings is 2. The summed E-state index contributed by atoms with van der Waals surface area (Å²) in [7, 11) is -3.70. The van der Waals surface area contributed by atoms with Gasteiger partial charge < -0.3 is 14.1 Å². The Morgan fingerprint density at radius 1 is 1.19 bits per heavy atom. The van der Waals surface area contributed by atoms with Crippen LogP contribution in [0.25, 0.3) is 0 Å². The number of rotatable bonds is 7. The fraction of sp³-hybridized carbons (Fsp3) is 0.261. The molecule has 31 heavy (non-hydrogen) atoms. The molecule has 7 nitrogen and oxygen atoms in total. The van der Waals surface area contributed by atoms with Crippen molar-refractivity contribution in [2.24, 2.45) is 0 Å². The Morgan fingerprint density at radius 3 is 2.65 bits per heavy atom. The normalized spacial score (nSPS) is 15.7. The van der Waals surface area contributed by atoms with Crippen molar-refractivity contribution in [3.05, 3.63) is 77.7 Å². The van der Waals surface area contributed by atoms with E-state index in [0.717, 1.165) is 11.3 Å². The average Bonchev–Trinajstić information content (AvgIpc) is 3.39. The van der Waals surface area contributed by atoms with E-state index in [-0.39, 0.29) is 23.4 Å².